The molecule has 0 saturated carbocycles. The molecule has 0 aliphatic carbocycles. The van der Waals surface area contributed by atoms with Gasteiger partial charge in [0.2, 0.25) is 0 Å². The molecule has 0 bridgehead atoms. The summed E-state index contributed by atoms with van der Waals surface area (Å²) in [6, 6.07) is 6.53. The molecular formula is C17H24N2O. The lowest BCUT2D eigenvalue weighted by molar-refractivity contribution is 0.0951. The number of nitrogens with zero attached hydrogens (tertiary/aromatic N) is 1. The molecule has 1 amide bonds. The molecule has 1 aromatic rings. The maximum absolute atomic E-state index is 12.3. The molecule has 3 rings (SSSR count). The highest BCUT2D eigenvalue weighted by Crippen LogP contribution is 2.35. The van der Waals surface area contributed by atoms with Gasteiger partial charge < -0.3 is 10.2 Å². The molecule has 0 unspecified atom stereocenters. The van der Waals surface area contributed by atoms with E-state index in [-0.39, 0.29) is 5.91 Å². The van der Waals surface area contributed by atoms with Gasteiger partial charge in [0.05, 0.1) is 0 Å². The fourth-order valence-electron chi connectivity index (χ4n) is 3.69. The molecule has 3 heteroatoms. The lowest BCUT2D eigenvalue weighted by Crippen LogP contribution is -2.29. The maximum Gasteiger partial charge on any atom is 0.251 e. The van der Waals surface area contributed by atoms with Crippen molar-refractivity contribution in [2.45, 2.75) is 26.2 Å². The summed E-state index contributed by atoms with van der Waals surface area (Å²) in [5, 5.41) is 3.11. The second-order valence-electron chi connectivity index (χ2n) is 6.82. The van der Waals surface area contributed by atoms with Crippen LogP contribution in [0.3, 0.4) is 0 Å². The topological polar surface area (TPSA) is 32.3 Å². The smallest absolute Gasteiger partial charge is 0.251 e. The van der Waals surface area contributed by atoms with Gasteiger partial charge in [0.1, 0.15) is 0 Å². The fourth-order valence-corrected chi connectivity index (χ4v) is 3.69. The Hall–Kier alpha value is -1.35. The number of hydrogen-bond donors (Lipinski definition) is 1. The van der Waals surface area contributed by atoms with Crippen molar-refractivity contribution in [2.75, 3.05) is 26.7 Å². The normalized spacial score (nSPS) is 26.1. The molecule has 1 N–H and O–H groups in total. The number of amides is 1. The number of benzene rings is 1. The van der Waals surface area contributed by atoms with Crippen molar-refractivity contribution in [1.82, 2.24) is 10.2 Å². The van der Waals surface area contributed by atoms with Gasteiger partial charge in [-0.05, 0) is 42.5 Å². The third kappa shape index (κ3) is 2.47. The van der Waals surface area contributed by atoms with Gasteiger partial charge >= 0.3 is 0 Å². The Morgan fingerprint density at radius 2 is 2.15 bits per heavy atom. The Bertz CT molecular complexity index is 524. The maximum atomic E-state index is 12.3. The van der Waals surface area contributed by atoms with Gasteiger partial charge in [0.25, 0.3) is 5.91 Å². The first-order valence-corrected chi connectivity index (χ1v) is 7.64. The molecule has 2 heterocycles. The first kappa shape index (κ1) is 13.6. The van der Waals surface area contributed by atoms with Gasteiger partial charge in [0, 0.05) is 31.1 Å². The standard InChI is InChI=1S/C17H24N2O/c1-11(2)6-12-4-5-14-15(7-12)17(20)18-8-13-9-19(3)10-16(13)14/h4-5,7,11,13,16H,6,8-10H2,1-3H3,(H,18,20)/t13-,16-/m0/s1. The van der Waals surface area contributed by atoms with Gasteiger partial charge in [-0.3, -0.25) is 4.79 Å². The van der Waals surface area contributed by atoms with Crippen LogP contribution in [0.15, 0.2) is 18.2 Å². The highest BCUT2D eigenvalue weighted by Gasteiger charge is 2.36. The first-order valence-electron chi connectivity index (χ1n) is 7.64. The summed E-state index contributed by atoms with van der Waals surface area (Å²) >= 11 is 0. The van der Waals surface area contributed by atoms with E-state index in [0.29, 0.717) is 17.8 Å². The Labute approximate surface area is 121 Å². The Morgan fingerprint density at radius 3 is 2.90 bits per heavy atom. The zero-order valence-electron chi connectivity index (χ0n) is 12.6. The number of carbonyl (C=O) groups excluding carboxylic acids is 1. The number of rotatable bonds is 2. The van der Waals surface area contributed by atoms with E-state index >= 15 is 0 Å². The Balaban J connectivity index is 1.98. The van der Waals surface area contributed by atoms with Crippen LogP contribution in [0.5, 0.6) is 0 Å². The highest BCUT2D eigenvalue weighted by atomic mass is 16.1. The number of carbonyl (C=O) groups is 1. The number of hydrogen-bond acceptors (Lipinski definition) is 2. The third-order valence-corrected chi connectivity index (χ3v) is 4.55. The monoisotopic (exact) mass is 272 g/mol. The zero-order valence-corrected chi connectivity index (χ0v) is 12.6. The molecule has 0 radical (unpaired) electrons. The predicted octanol–water partition coefficient (Wildman–Crippen LogP) is 2.27. The number of likely N-dealkylation sites (N-methyl/N-ethyl adjacent to an activating group) is 1. The molecule has 3 nitrogen and oxygen atoms in total. The second-order valence-corrected chi connectivity index (χ2v) is 6.82. The predicted molar refractivity (Wildman–Crippen MR) is 81.0 cm³/mol. The van der Waals surface area contributed by atoms with Gasteiger partial charge in [-0.2, -0.15) is 0 Å². The van der Waals surface area contributed by atoms with Crippen molar-refractivity contribution in [3.05, 3.63) is 34.9 Å². The molecule has 108 valence electrons. The van der Waals surface area contributed by atoms with Crippen LogP contribution >= 0.6 is 0 Å². The van der Waals surface area contributed by atoms with E-state index in [9.17, 15) is 4.79 Å². The van der Waals surface area contributed by atoms with Crippen LogP contribution in [0.1, 0.15) is 41.3 Å². The first-order chi connectivity index (χ1) is 9.54. The van der Waals surface area contributed by atoms with Crippen molar-refractivity contribution in [1.29, 1.82) is 0 Å². The minimum absolute atomic E-state index is 0.114. The van der Waals surface area contributed by atoms with Crippen LogP contribution < -0.4 is 5.32 Å². The van der Waals surface area contributed by atoms with Crippen molar-refractivity contribution in [2.24, 2.45) is 11.8 Å². The molecule has 0 spiro atoms. The SMILES string of the molecule is CC(C)Cc1ccc2c(c1)C(=O)NC[C@H]1CN(C)C[C@H]21. The fraction of sp³-hybridized carbons (Fsp3) is 0.588. The van der Waals surface area contributed by atoms with E-state index in [1.807, 2.05) is 0 Å². The van der Waals surface area contributed by atoms with E-state index in [0.717, 1.165) is 31.6 Å². The lowest BCUT2D eigenvalue weighted by atomic mass is 9.86. The van der Waals surface area contributed by atoms with Gasteiger partial charge in [0.15, 0.2) is 0 Å². The number of nitrogens with one attached hydrogen (secondary N) is 1. The van der Waals surface area contributed by atoms with Crippen molar-refractivity contribution in [3.63, 3.8) is 0 Å². The van der Waals surface area contributed by atoms with Gasteiger partial charge in [-0.25, -0.2) is 0 Å². The van der Waals surface area contributed by atoms with Crippen molar-refractivity contribution < 1.29 is 4.79 Å². The lowest BCUT2D eigenvalue weighted by Gasteiger charge is -2.17. The number of likely N-dealkylation sites (tertiary alicyclic amines) is 1. The van der Waals surface area contributed by atoms with Gasteiger partial charge in [-0.15, -0.1) is 0 Å². The summed E-state index contributed by atoms with van der Waals surface area (Å²) in [4.78, 5) is 14.7. The van der Waals surface area contributed by atoms with E-state index in [1.54, 1.807) is 0 Å². The number of fused-ring (bicyclic) bond motifs is 3. The molecular weight excluding hydrogens is 248 g/mol. The average molecular weight is 272 g/mol. The summed E-state index contributed by atoms with van der Waals surface area (Å²) in [5.74, 6) is 1.79. The van der Waals surface area contributed by atoms with Crippen molar-refractivity contribution >= 4 is 5.91 Å². The Morgan fingerprint density at radius 1 is 1.35 bits per heavy atom. The van der Waals surface area contributed by atoms with E-state index in [4.69, 9.17) is 0 Å². The van der Waals surface area contributed by atoms with Crippen LogP contribution in [-0.2, 0) is 6.42 Å². The van der Waals surface area contributed by atoms with Crippen LogP contribution in [-0.4, -0.2) is 37.5 Å². The van der Waals surface area contributed by atoms with Crippen molar-refractivity contribution in [3.8, 4) is 0 Å². The van der Waals surface area contributed by atoms with Crippen LogP contribution in [0.2, 0.25) is 0 Å². The highest BCUT2D eigenvalue weighted by molar-refractivity contribution is 5.96. The summed E-state index contributed by atoms with van der Waals surface area (Å²) in [6.45, 7) is 7.39. The van der Waals surface area contributed by atoms with E-state index in [1.165, 1.54) is 11.1 Å². The van der Waals surface area contributed by atoms with Crippen LogP contribution in [0.25, 0.3) is 0 Å². The molecule has 1 saturated heterocycles. The average Bonchev–Trinajstić information content (AvgIpc) is 2.71. The summed E-state index contributed by atoms with van der Waals surface area (Å²) in [5.41, 5.74) is 3.44. The minimum atomic E-state index is 0.114. The molecule has 20 heavy (non-hydrogen) atoms. The Kier molecular flexibility index (Phi) is 3.55. The molecule has 1 fully saturated rings. The molecule has 2 atom stereocenters. The van der Waals surface area contributed by atoms with E-state index in [2.05, 4.69) is 49.3 Å². The molecule has 1 aromatic carbocycles. The second kappa shape index (κ2) is 5.21. The van der Waals surface area contributed by atoms with Crippen LogP contribution in [0.4, 0.5) is 0 Å². The molecule has 0 aromatic heterocycles. The minimum Gasteiger partial charge on any atom is -0.352 e. The largest absolute Gasteiger partial charge is 0.352 e. The quantitative estimate of drug-likeness (QED) is 0.896. The summed E-state index contributed by atoms with van der Waals surface area (Å²) < 4.78 is 0. The summed E-state index contributed by atoms with van der Waals surface area (Å²) in [7, 11) is 2.17. The van der Waals surface area contributed by atoms with Gasteiger partial charge in [-0.1, -0.05) is 26.0 Å². The molecule has 2 aliphatic heterocycles. The van der Waals surface area contributed by atoms with Crippen LogP contribution in [0, 0.1) is 11.8 Å². The molecule has 2 aliphatic rings. The third-order valence-electron chi connectivity index (χ3n) is 4.55. The zero-order chi connectivity index (χ0) is 14.3. The summed E-state index contributed by atoms with van der Waals surface area (Å²) in [6.07, 6.45) is 1.04. The van der Waals surface area contributed by atoms with E-state index < -0.39 is 0 Å².